The summed E-state index contributed by atoms with van der Waals surface area (Å²) in [5.74, 6) is 3.06. The van der Waals surface area contributed by atoms with Gasteiger partial charge in [0.1, 0.15) is 18.2 Å². The smallest absolute Gasteiger partial charge is 0.158 e. The van der Waals surface area contributed by atoms with Gasteiger partial charge in [-0.2, -0.15) is 0 Å². The molecule has 5 heteroatoms. The van der Waals surface area contributed by atoms with Gasteiger partial charge in [-0.05, 0) is 12.3 Å². The molecule has 0 saturated heterocycles. The average Bonchev–Trinajstić information content (AvgIpc) is 2.42. The van der Waals surface area contributed by atoms with Crippen molar-refractivity contribution in [1.29, 1.82) is 0 Å². The summed E-state index contributed by atoms with van der Waals surface area (Å²) in [6, 6.07) is 1.96. The quantitative estimate of drug-likeness (QED) is 0.719. The SMILES string of the molecule is CCCNc1cc(NCC(C)CC)nc(COC)n1. The molecule has 0 spiro atoms. The monoisotopic (exact) mass is 266 g/mol. The van der Waals surface area contributed by atoms with Gasteiger partial charge in [-0.25, -0.2) is 9.97 Å². The fourth-order valence-corrected chi connectivity index (χ4v) is 1.55. The molecule has 0 saturated carbocycles. The van der Waals surface area contributed by atoms with Gasteiger partial charge in [0.15, 0.2) is 5.82 Å². The van der Waals surface area contributed by atoms with Crippen molar-refractivity contribution in [2.45, 2.75) is 40.2 Å². The summed E-state index contributed by atoms with van der Waals surface area (Å²) < 4.78 is 5.11. The molecular weight excluding hydrogens is 240 g/mol. The zero-order valence-electron chi connectivity index (χ0n) is 12.5. The molecule has 0 aliphatic rings. The Morgan fingerprint density at radius 2 is 1.89 bits per heavy atom. The molecule has 108 valence electrons. The highest BCUT2D eigenvalue weighted by Crippen LogP contribution is 2.13. The van der Waals surface area contributed by atoms with Gasteiger partial charge in [0, 0.05) is 26.3 Å². The third kappa shape index (κ3) is 5.87. The predicted molar refractivity (Wildman–Crippen MR) is 79.5 cm³/mol. The molecular formula is C14H26N4O. The van der Waals surface area contributed by atoms with E-state index < -0.39 is 0 Å². The largest absolute Gasteiger partial charge is 0.377 e. The van der Waals surface area contributed by atoms with E-state index in [2.05, 4.69) is 41.4 Å². The van der Waals surface area contributed by atoms with Crippen molar-refractivity contribution in [1.82, 2.24) is 9.97 Å². The maximum Gasteiger partial charge on any atom is 0.158 e. The lowest BCUT2D eigenvalue weighted by Gasteiger charge is -2.13. The summed E-state index contributed by atoms with van der Waals surface area (Å²) in [7, 11) is 1.65. The van der Waals surface area contributed by atoms with Gasteiger partial charge in [-0.15, -0.1) is 0 Å². The van der Waals surface area contributed by atoms with Crippen molar-refractivity contribution in [2.75, 3.05) is 30.8 Å². The summed E-state index contributed by atoms with van der Waals surface area (Å²) in [6.07, 6.45) is 2.23. The third-order valence-electron chi connectivity index (χ3n) is 2.93. The van der Waals surface area contributed by atoms with Crippen molar-refractivity contribution in [3.05, 3.63) is 11.9 Å². The first-order chi connectivity index (χ1) is 9.19. The standard InChI is InChI=1S/C14H26N4O/c1-5-7-15-12-8-13(16-9-11(3)6-2)18-14(17-12)10-19-4/h8,11H,5-7,9-10H2,1-4H3,(H2,15,16,17,18). The number of methoxy groups -OCH3 is 1. The molecule has 0 aliphatic carbocycles. The van der Waals surface area contributed by atoms with E-state index in [1.165, 1.54) is 0 Å². The minimum atomic E-state index is 0.430. The second-order valence-electron chi connectivity index (χ2n) is 4.81. The first-order valence-electron chi connectivity index (χ1n) is 7.04. The zero-order chi connectivity index (χ0) is 14.1. The molecule has 0 fully saturated rings. The molecule has 1 rings (SSSR count). The maximum atomic E-state index is 5.11. The van der Waals surface area contributed by atoms with Crippen molar-refractivity contribution in [3.63, 3.8) is 0 Å². The number of hydrogen-bond acceptors (Lipinski definition) is 5. The second kappa shape index (κ2) is 8.69. The van der Waals surface area contributed by atoms with Crippen LogP contribution < -0.4 is 10.6 Å². The van der Waals surface area contributed by atoms with Crippen LogP contribution in [0.4, 0.5) is 11.6 Å². The molecule has 0 radical (unpaired) electrons. The van der Waals surface area contributed by atoms with E-state index in [0.29, 0.717) is 18.3 Å². The van der Waals surface area contributed by atoms with Crippen LogP contribution in [0.25, 0.3) is 0 Å². The highest BCUT2D eigenvalue weighted by Gasteiger charge is 2.05. The van der Waals surface area contributed by atoms with E-state index in [4.69, 9.17) is 4.74 Å². The fourth-order valence-electron chi connectivity index (χ4n) is 1.55. The molecule has 19 heavy (non-hydrogen) atoms. The summed E-state index contributed by atoms with van der Waals surface area (Å²) >= 11 is 0. The van der Waals surface area contributed by atoms with E-state index in [-0.39, 0.29) is 0 Å². The predicted octanol–water partition coefficient (Wildman–Crippen LogP) is 2.90. The molecule has 1 aromatic rings. The summed E-state index contributed by atoms with van der Waals surface area (Å²) in [4.78, 5) is 8.87. The Labute approximate surface area is 116 Å². The van der Waals surface area contributed by atoms with Gasteiger partial charge < -0.3 is 15.4 Å². The average molecular weight is 266 g/mol. The first kappa shape index (κ1) is 15.7. The Morgan fingerprint density at radius 3 is 2.47 bits per heavy atom. The van der Waals surface area contributed by atoms with Crippen LogP contribution in [0.3, 0.4) is 0 Å². The van der Waals surface area contributed by atoms with Crippen LogP contribution in [-0.4, -0.2) is 30.2 Å². The Hall–Kier alpha value is -1.36. The lowest BCUT2D eigenvalue weighted by molar-refractivity contribution is 0.178. The van der Waals surface area contributed by atoms with Gasteiger partial charge >= 0.3 is 0 Å². The molecule has 0 aromatic carbocycles. The van der Waals surface area contributed by atoms with Crippen molar-refractivity contribution in [2.24, 2.45) is 5.92 Å². The Kier molecular flexibility index (Phi) is 7.18. The summed E-state index contributed by atoms with van der Waals surface area (Å²) in [5, 5.41) is 6.65. The van der Waals surface area contributed by atoms with Crippen LogP contribution in [0.2, 0.25) is 0 Å². The van der Waals surface area contributed by atoms with E-state index in [1.807, 2.05) is 6.07 Å². The van der Waals surface area contributed by atoms with Gasteiger partial charge in [0.25, 0.3) is 0 Å². The van der Waals surface area contributed by atoms with E-state index in [9.17, 15) is 0 Å². The molecule has 1 heterocycles. The van der Waals surface area contributed by atoms with Crippen LogP contribution >= 0.6 is 0 Å². The molecule has 0 bridgehead atoms. The van der Waals surface area contributed by atoms with Crippen molar-refractivity contribution < 1.29 is 4.74 Å². The number of aromatic nitrogens is 2. The minimum absolute atomic E-state index is 0.430. The Morgan fingerprint density at radius 1 is 1.21 bits per heavy atom. The number of anilines is 2. The lowest BCUT2D eigenvalue weighted by atomic mass is 10.1. The van der Waals surface area contributed by atoms with Crippen LogP contribution in [0.15, 0.2) is 6.07 Å². The zero-order valence-corrected chi connectivity index (χ0v) is 12.5. The number of nitrogens with zero attached hydrogens (tertiary/aromatic N) is 2. The molecule has 5 nitrogen and oxygen atoms in total. The van der Waals surface area contributed by atoms with Crippen molar-refractivity contribution in [3.8, 4) is 0 Å². The van der Waals surface area contributed by atoms with Crippen molar-refractivity contribution >= 4 is 11.6 Å². The van der Waals surface area contributed by atoms with Gasteiger partial charge in [-0.1, -0.05) is 27.2 Å². The van der Waals surface area contributed by atoms with E-state index >= 15 is 0 Å². The fraction of sp³-hybridized carbons (Fsp3) is 0.714. The Balaban J connectivity index is 2.73. The number of ether oxygens (including phenoxy) is 1. The lowest BCUT2D eigenvalue weighted by Crippen LogP contribution is -2.13. The number of nitrogens with one attached hydrogen (secondary N) is 2. The summed E-state index contributed by atoms with van der Waals surface area (Å²) in [5.41, 5.74) is 0. The van der Waals surface area contributed by atoms with Crippen LogP contribution in [-0.2, 0) is 11.3 Å². The Bertz CT molecular complexity index is 370. The summed E-state index contributed by atoms with van der Waals surface area (Å²) in [6.45, 7) is 8.81. The number of rotatable bonds is 9. The third-order valence-corrected chi connectivity index (χ3v) is 2.93. The second-order valence-corrected chi connectivity index (χ2v) is 4.81. The first-order valence-corrected chi connectivity index (χ1v) is 7.04. The molecule has 1 atom stereocenters. The highest BCUT2D eigenvalue weighted by atomic mass is 16.5. The highest BCUT2D eigenvalue weighted by molar-refractivity contribution is 5.47. The van der Waals surface area contributed by atoms with Crippen LogP contribution in [0, 0.1) is 5.92 Å². The van der Waals surface area contributed by atoms with Crippen LogP contribution in [0.5, 0.6) is 0 Å². The normalized spacial score (nSPS) is 12.2. The molecule has 1 aromatic heterocycles. The molecule has 1 unspecified atom stereocenters. The van der Waals surface area contributed by atoms with Gasteiger partial charge in [-0.3, -0.25) is 0 Å². The molecule has 0 aliphatic heterocycles. The van der Waals surface area contributed by atoms with E-state index in [1.54, 1.807) is 7.11 Å². The minimum Gasteiger partial charge on any atom is -0.377 e. The van der Waals surface area contributed by atoms with Gasteiger partial charge in [0.2, 0.25) is 0 Å². The molecule has 0 amide bonds. The van der Waals surface area contributed by atoms with Gasteiger partial charge in [0.05, 0.1) is 0 Å². The topological polar surface area (TPSA) is 59.1 Å². The van der Waals surface area contributed by atoms with Crippen LogP contribution in [0.1, 0.15) is 39.4 Å². The number of hydrogen-bond donors (Lipinski definition) is 2. The maximum absolute atomic E-state index is 5.11. The molecule has 2 N–H and O–H groups in total. The van der Waals surface area contributed by atoms with E-state index in [0.717, 1.165) is 37.6 Å².